The largest absolute Gasteiger partial charge is 0.399 e. The molecule has 0 amide bonds. The van der Waals surface area contributed by atoms with E-state index in [4.69, 9.17) is 0 Å². The summed E-state index contributed by atoms with van der Waals surface area (Å²) in [6.07, 6.45) is 4.92. The summed E-state index contributed by atoms with van der Waals surface area (Å²) in [6, 6.07) is 1.85. The normalized spacial score (nSPS) is 10.4. The van der Waals surface area contributed by atoms with E-state index >= 15 is 0 Å². The summed E-state index contributed by atoms with van der Waals surface area (Å²) in [5, 5.41) is 4.54. The lowest BCUT2D eigenvalue weighted by Crippen LogP contribution is -1.84. The van der Waals surface area contributed by atoms with Crippen LogP contribution in [0.1, 0.15) is 0 Å². The lowest BCUT2D eigenvalue weighted by molar-refractivity contribution is 0.215. The molecule has 4 nitrogen and oxygen atoms in total. The lowest BCUT2D eigenvalue weighted by Gasteiger charge is -1.93. The number of rotatable bonds is 4. The van der Waals surface area contributed by atoms with E-state index in [2.05, 4.69) is 20.0 Å². The van der Waals surface area contributed by atoms with Gasteiger partial charge in [-0.15, -0.1) is 11.8 Å². The summed E-state index contributed by atoms with van der Waals surface area (Å²) in [5.41, 5.74) is 0. The van der Waals surface area contributed by atoms with Gasteiger partial charge in [0.2, 0.25) is 0 Å². The van der Waals surface area contributed by atoms with E-state index < -0.39 is 0 Å². The van der Waals surface area contributed by atoms with Crippen LogP contribution in [-0.4, -0.2) is 29.0 Å². The maximum absolute atomic E-state index is 4.50. The molecule has 64 valence electrons. The molecule has 0 saturated carbocycles. The maximum atomic E-state index is 4.50. The number of oxime groups is 1. The van der Waals surface area contributed by atoms with Crippen LogP contribution in [-0.2, 0) is 4.84 Å². The fourth-order valence-corrected chi connectivity index (χ4v) is 1.18. The molecule has 5 heteroatoms. The summed E-state index contributed by atoms with van der Waals surface area (Å²) < 4.78 is 0. The van der Waals surface area contributed by atoms with Crippen LogP contribution >= 0.6 is 11.8 Å². The van der Waals surface area contributed by atoms with Gasteiger partial charge in [0.1, 0.15) is 13.4 Å². The molecule has 0 fully saturated rings. The Bertz CT molecular complexity index is 240. The number of hydrogen-bond acceptors (Lipinski definition) is 5. The van der Waals surface area contributed by atoms with E-state index in [1.165, 1.54) is 13.4 Å². The van der Waals surface area contributed by atoms with Crippen molar-refractivity contribution in [3.63, 3.8) is 0 Å². The molecule has 0 saturated heterocycles. The van der Waals surface area contributed by atoms with E-state index in [9.17, 15) is 0 Å². The van der Waals surface area contributed by atoms with E-state index in [0.717, 1.165) is 10.8 Å². The standard InChI is InChI=1S/C7H9N3OS/c1-11-10-4-5-12-7-2-3-8-6-9-7/h2-4,6H,5H2,1H3/b10-4+. The van der Waals surface area contributed by atoms with Gasteiger partial charge < -0.3 is 4.84 Å². The van der Waals surface area contributed by atoms with Gasteiger partial charge in [0.05, 0.1) is 11.2 Å². The van der Waals surface area contributed by atoms with E-state index in [-0.39, 0.29) is 0 Å². The van der Waals surface area contributed by atoms with Gasteiger partial charge >= 0.3 is 0 Å². The van der Waals surface area contributed by atoms with Crippen molar-refractivity contribution in [2.24, 2.45) is 5.16 Å². The van der Waals surface area contributed by atoms with Gasteiger partial charge in [0, 0.05) is 11.9 Å². The molecule has 0 atom stereocenters. The predicted molar refractivity (Wildman–Crippen MR) is 48.3 cm³/mol. The van der Waals surface area contributed by atoms with Crippen LogP contribution in [0.5, 0.6) is 0 Å². The zero-order valence-corrected chi connectivity index (χ0v) is 7.49. The predicted octanol–water partition coefficient (Wildman–Crippen LogP) is 1.20. The second-order valence-corrected chi connectivity index (χ2v) is 2.87. The molecular formula is C7H9N3OS. The van der Waals surface area contributed by atoms with Crippen LogP contribution in [0.15, 0.2) is 28.8 Å². The maximum Gasteiger partial charge on any atom is 0.116 e. The monoisotopic (exact) mass is 183 g/mol. The Morgan fingerprint density at radius 3 is 3.33 bits per heavy atom. The molecule has 1 aromatic rings. The van der Waals surface area contributed by atoms with Crippen molar-refractivity contribution in [1.29, 1.82) is 0 Å². The fourth-order valence-electron chi connectivity index (χ4n) is 0.592. The zero-order valence-electron chi connectivity index (χ0n) is 6.67. The van der Waals surface area contributed by atoms with Crippen molar-refractivity contribution in [3.05, 3.63) is 18.6 Å². The number of thioether (sulfide) groups is 1. The zero-order chi connectivity index (χ0) is 8.65. The van der Waals surface area contributed by atoms with Crippen molar-refractivity contribution >= 4 is 18.0 Å². The first-order valence-corrected chi connectivity index (χ1v) is 4.36. The summed E-state index contributed by atoms with van der Waals surface area (Å²) in [7, 11) is 1.52. The molecule has 0 aliphatic rings. The molecule has 0 bridgehead atoms. The third-order valence-electron chi connectivity index (χ3n) is 1.04. The molecule has 1 rings (SSSR count). The minimum absolute atomic E-state index is 0.755. The Morgan fingerprint density at radius 1 is 1.75 bits per heavy atom. The van der Waals surface area contributed by atoms with Crippen LogP contribution in [0.25, 0.3) is 0 Å². The van der Waals surface area contributed by atoms with Crippen LogP contribution in [0.3, 0.4) is 0 Å². The average Bonchev–Trinajstić information content (AvgIpc) is 2.14. The van der Waals surface area contributed by atoms with Crippen molar-refractivity contribution in [2.75, 3.05) is 12.9 Å². The third-order valence-corrected chi connectivity index (χ3v) is 1.89. The van der Waals surface area contributed by atoms with Crippen LogP contribution in [0, 0.1) is 0 Å². The molecule has 12 heavy (non-hydrogen) atoms. The second-order valence-electron chi connectivity index (χ2n) is 1.83. The number of nitrogens with zero attached hydrogens (tertiary/aromatic N) is 3. The summed E-state index contributed by atoms with van der Waals surface area (Å²) >= 11 is 1.58. The molecule has 1 aromatic heterocycles. The smallest absolute Gasteiger partial charge is 0.116 e. The Hall–Kier alpha value is -1.10. The molecule has 0 unspecified atom stereocenters. The Labute approximate surface area is 75.1 Å². The quantitative estimate of drug-likeness (QED) is 0.304. The molecule has 0 spiro atoms. The summed E-state index contributed by atoms with van der Waals surface area (Å²) in [6.45, 7) is 0. The summed E-state index contributed by atoms with van der Waals surface area (Å²) in [4.78, 5) is 12.3. The fraction of sp³-hybridized carbons (Fsp3) is 0.286. The minimum Gasteiger partial charge on any atom is -0.399 e. The van der Waals surface area contributed by atoms with Gasteiger partial charge in [-0.05, 0) is 6.07 Å². The van der Waals surface area contributed by atoms with Gasteiger partial charge in [-0.25, -0.2) is 9.97 Å². The van der Waals surface area contributed by atoms with Gasteiger partial charge in [0.25, 0.3) is 0 Å². The first kappa shape index (κ1) is 8.99. The number of aromatic nitrogens is 2. The van der Waals surface area contributed by atoms with Crippen molar-refractivity contribution in [2.45, 2.75) is 5.03 Å². The summed E-state index contributed by atoms with van der Waals surface area (Å²) in [5.74, 6) is 0.755. The SMILES string of the molecule is CO/N=C/CSc1ccncn1. The first-order chi connectivity index (χ1) is 5.93. The third kappa shape index (κ3) is 3.34. The Morgan fingerprint density at radius 2 is 2.67 bits per heavy atom. The Balaban J connectivity index is 2.29. The van der Waals surface area contributed by atoms with E-state index in [1.807, 2.05) is 6.07 Å². The topological polar surface area (TPSA) is 47.4 Å². The second kappa shape index (κ2) is 5.54. The minimum atomic E-state index is 0.755. The van der Waals surface area contributed by atoms with Crippen LogP contribution in [0.2, 0.25) is 0 Å². The molecule has 0 radical (unpaired) electrons. The van der Waals surface area contributed by atoms with E-state index in [0.29, 0.717) is 0 Å². The number of hydrogen-bond donors (Lipinski definition) is 0. The highest BCUT2D eigenvalue weighted by Gasteiger charge is 1.90. The van der Waals surface area contributed by atoms with Crippen molar-refractivity contribution in [3.8, 4) is 0 Å². The van der Waals surface area contributed by atoms with Gasteiger partial charge in [-0.2, -0.15) is 0 Å². The Kier molecular flexibility index (Phi) is 4.15. The van der Waals surface area contributed by atoms with Crippen molar-refractivity contribution in [1.82, 2.24) is 9.97 Å². The molecule has 1 heterocycles. The average molecular weight is 183 g/mol. The van der Waals surface area contributed by atoms with Crippen molar-refractivity contribution < 1.29 is 4.84 Å². The van der Waals surface area contributed by atoms with Crippen LogP contribution < -0.4 is 0 Å². The van der Waals surface area contributed by atoms with E-state index in [1.54, 1.807) is 24.2 Å². The highest BCUT2D eigenvalue weighted by molar-refractivity contribution is 7.99. The first-order valence-electron chi connectivity index (χ1n) is 3.37. The van der Waals surface area contributed by atoms with Gasteiger partial charge in [-0.3, -0.25) is 0 Å². The van der Waals surface area contributed by atoms with Crippen LogP contribution in [0.4, 0.5) is 0 Å². The molecule has 0 aliphatic heterocycles. The molecule has 0 aliphatic carbocycles. The van der Waals surface area contributed by atoms with Gasteiger partial charge in [0.15, 0.2) is 0 Å². The lowest BCUT2D eigenvalue weighted by atomic mass is 10.7. The van der Waals surface area contributed by atoms with Gasteiger partial charge in [-0.1, -0.05) is 5.16 Å². The molecule has 0 N–H and O–H groups in total. The highest BCUT2D eigenvalue weighted by Crippen LogP contribution is 2.10. The highest BCUT2D eigenvalue weighted by atomic mass is 32.2. The molecular weight excluding hydrogens is 174 g/mol. The molecule has 0 aromatic carbocycles.